The van der Waals surface area contributed by atoms with Crippen LogP contribution in [0.1, 0.15) is 117 Å². The summed E-state index contributed by atoms with van der Waals surface area (Å²) in [5.41, 5.74) is 5.08. The number of pyridine rings is 1. The predicted molar refractivity (Wildman–Crippen MR) is 196 cm³/mol. The third-order valence-electron chi connectivity index (χ3n) is 10.8. The molecular formula is C41H52F3N3O5. The summed E-state index contributed by atoms with van der Waals surface area (Å²) in [6, 6.07) is 6.65. The number of halogens is 3. The highest BCUT2D eigenvalue weighted by molar-refractivity contribution is 5.82. The van der Waals surface area contributed by atoms with Crippen molar-refractivity contribution in [3.63, 3.8) is 0 Å². The SMILES string of the molecule is COc1cc(C)c(-c2cc([C@H](CC(=O)O)NC(=O)[C@@H](CC(C)C)n3cc(C4CCN(C(C)C)CC4)c(C(F)(F)F)cc3=O)cc3c2CCC3)c(C)c1. The fraction of sp³-hybridized carbons (Fsp3) is 0.537. The van der Waals surface area contributed by atoms with Crippen molar-refractivity contribution in [2.24, 2.45) is 5.92 Å². The highest BCUT2D eigenvalue weighted by Gasteiger charge is 2.39. The van der Waals surface area contributed by atoms with E-state index >= 15 is 0 Å². The topological polar surface area (TPSA) is 101 Å². The van der Waals surface area contributed by atoms with Gasteiger partial charge in [-0.2, -0.15) is 13.2 Å². The van der Waals surface area contributed by atoms with Gasteiger partial charge in [0.05, 0.1) is 25.1 Å². The summed E-state index contributed by atoms with van der Waals surface area (Å²) in [6.45, 7) is 13.1. The van der Waals surface area contributed by atoms with E-state index in [0.717, 1.165) is 57.4 Å². The Morgan fingerprint density at radius 2 is 1.65 bits per heavy atom. The number of hydrogen-bond donors (Lipinski definition) is 2. The average Bonchev–Trinajstić information content (AvgIpc) is 3.55. The first kappa shape index (κ1) is 39.1. The number of aryl methyl sites for hydroxylation is 3. The first-order chi connectivity index (χ1) is 24.5. The number of methoxy groups -OCH3 is 1. The maximum Gasteiger partial charge on any atom is 0.416 e. The van der Waals surface area contributed by atoms with Crippen LogP contribution in [0.15, 0.2) is 41.3 Å². The van der Waals surface area contributed by atoms with E-state index in [9.17, 15) is 32.7 Å². The van der Waals surface area contributed by atoms with Crippen LogP contribution in [0.2, 0.25) is 0 Å². The van der Waals surface area contributed by atoms with Gasteiger partial charge in [0.15, 0.2) is 0 Å². The zero-order valence-corrected chi connectivity index (χ0v) is 31.3. The molecule has 8 nitrogen and oxygen atoms in total. The number of aromatic nitrogens is 1. The zero-order valence-electron chi connectivity index (χ0n) is 31.3. The first-order valence-corrected chi connectivity index (χ1v) is 18.4. The van der Waals surface area contributed by atoms with E-state index in [-0.39, 0.29) is 23.9 Å². The summed E-state index contributed by atoms with van der Waals surface area (Å²) in [5, 5.41) is 13.0. The molecule has 2 aromatic carbocycles. The minimum atomic E-state index is -4.74. The van der Waals surface area contributed by atoms with Gasteiger partial charge in [-0.15, -0.1) is 0 Å². The van der Waals surface area contributed by atoms with Crippen molar-refractivity contribution in [2.45, 2.75) is 117 Å². The smallest absolute Gasteiger partial charge is 0.416 e. The summed E-state index contributed by atoms with van der Waals surface area (Å²) in [5.74, 6) is -1.53. The van der Waals surface area contributed by atoms with E-state index in [1.165, 1.54) is 11.8 Å². The third kappa shape index (κ3) is 8.56. The second kappa shape index (κ2) is 15.9. The molecule has 1 saturated heterocycles. The molecule has 1 fully saturated rings. The van der Waals surface area contributed by atoms with Gasteiger partial charge in [0, 0.05) is 18.3 Å². The predicted octanol–water partition coefficient (Wildman–Crippen LogP) is 8.16. The van der Waals surface area contributed by atoms with Crippen molar-refractivity contribution in [3.05, 3.63) is 85.8 Å². The van der Waals surface area contributed by atoms with Gasteiger partial charge in [0.25, 0.3) is 5.56 Å². The number of likely N-dealkylation sites (tertiary alicyclic amines) is 1. The van der Waals surface area contributed by atoms with Crippen LogP contribution in [0, 0.1) is 19.8 Å². The lowest BCUT2D eigenvalue weighted by molar-refractivity contribution is -0.139. The molecule has 11 heteroatoms. The molecular weight excluding hydrogens is 671 g/mol. The number of nitrogens with one attached hydrogen (secondary N) is 1. The molecule has 2 aliphatic rings. The lowest BCUT2D eigenvalue weighted by Gasteiger charge is -2.36. The molecule has 3 aromatic rings. The van der Waals surface area contributed by atoms with Crippen LogP contribution in [0.4, 0.5) is 13.2 Å². The Labute approximate surface area is 304 Å². The van der Waals surface area contributed by atoms with E-state index in [2.05, 4.69) is 24.1 Å². The highest BCUT2D eigenvalue weighted by Crippen LogP contribution is 2.41. The molecule has 5 rings (SSSR count). The summed E-state index contributed by atoms with van der Waals surface area (Å²) >= 11 is 0. The number of carbonyl (C=O) groups is 2. The molecule has 2 heterocycles. The maximum absolute atomic E-state index is 14.4. The largest absolute Gasteiger partial charge is 0.497 e. The number of aliphatic carboxylic acids is 1. The molecule has 282 valence electrons. The molecule has 52 heavy (non-hydrogen) atoms. The van der Waals surface area contributed by atoms with Crippen molar-refractivity contribution in [1.82, 2.24) is 14.8 Å². The van der Waals surface area contributed by atoms with E-state index in [1.807, 2.05) is 52.0 Å². The number of benzene rings is 2. The van der Waals surface area contributed by atoms with Crippen molar-refractivity contribution >= 4 is 11.9 Å². The molecule has 0 spiro atoms. The first-order valence-electron chi connectivity index (χ1n) is 18.4. The number of fused-ring (bicyclic) bond motifs is 1. The van der Waals surface area contributed by atoms with E-state index in [4.69, 9.17) is 4.74 Å². The number of ether oxygens (including phenoxy) is 1. The van der Waals surface area contributed by atoms with Crippen LogP contribution in [0.3, 0.4) is 0 Å². The summed E-state index contributed by atoms with van der Waals surface area (Å²) < 4.78 is 49.9. The van der Waals surface area contributed by atoms with Gasteiger partial charge in [-0.25, -0.2) is 0 Å². The highest BCUT2D eigenvalue weighted by atomic mass is 19.4. The summed E-state index contributed by atoms with van der Waals surface area (Å²) in [6.07, 6.45) is -0.111. The van der Waals surface area contributed by atoms with Crippen LogP contribution < -0.4 is 15.6 Å². The number of hydrogen-bond acceptors (Lipinski definition) is 5. The molecule has 0 saturated carbocycles. The second-order valence-corrected chi connectivity index (χ2v) is 15.3. The number of carboxylic acids is 1. The molecule has 0 radical (unpaired) electrons. The standard InChI is InChI=1S/C41H52F3N3O5/c1-23(2)15-36(47-22-33(34(20-37(47)48)41(42,43)44)27-11-13-46(14-12-27)24(3)4)40(51)45-35(21-38(49)50)29-18-28-9-8-10-31(28)32(19-29)39-25(5)16-30(52-7)17-26(39)6/h16-20,22-24,27,35-36H,8-15,21H2,1-7H3,(H,45,51)(H,49,50)/t35-,36+/m0/s1. The molecule has 2 atom stereocenters. The van der Waals surface area contributed by atoms with Crippen LogP contribution in [0.5, 0.6) is 5.75 Å². The van der Waals surface area contributed by atoms with Gasteiger partial charge >= 0.3 is 12.1 Å². The van der Waals surface area contributed by atoms with Crippen LogP contribution in [-0.4, -0.2) is 52.7 Å². The average molecular weight is 724 g/mol. The number of alkyl halides is 3. The molecule has 1 aliphatic carbocycles. The minimum Gasteiger partial charge on any atom is -0.497 e. The molecule has 1 amide bonds. The van der Waals surface area contributed by atoms with Crippen molar-refractivity contribution < 1.29 is 32.6 Å². The molecule has 1 aromatic heterocycles. The minimum absolute atomic E-state index is 0.0210. The van der Waals surface area contributed by atoms with Gasteiger partial charge in [-0.1, -0.05) is 19.9 Å². The fourth-order valence-electron chi connectivity index (χ4n) is 8.22. The van der Waals surface area contributed by atoms with Gasteiger partial charge in [-0.3, -0.25) is 14.4 Å². The Morgan fingerprint density at radius 3 is 2.21 bits per heavy atom. The Hall–Kier alpha value is -4.12. The molecule has 2 N–H and O–H groups in total. The van der Waals surface area contributed by atoms with Crippen molar-refractivity contribution in [1.29, 1.82) is 0 Å². The zero-order chi connectivity index (χ0) is 38.1. The Balaban J connectivity index is 1.56. The van der Waals surface area contributed by atoms with Gasteiger partial charge < -0.3 is 24.6 Å². The number of nitrogens with zero attached hydrogens (tertiary/aromatic N) is 2. The van der Waals surface area contributed by atoms with E-state index in [1.54, 1.807) is 7.11 Å². The monoisotopic (exact) mass is 723 g/mol. The number of carboxylic acid groups (broad SMARTS) is 1. The van der Waals surface area contributed by atoms with E-state index < -0.39 is 53.6 Å². The Bertz CT molecular complexity index is 1830. The number of amides is 1. The molecule has 1 aliphatic heterocycles. The molecule has 0 unspecified atom stereocenters. The van der Waals surface area contributed by atoms with Crippen LogP contribution in [0.25, 0.3) is 11.1 Å². The van der Waals surface area contributed by atoms with E-state index in [0.29, 0.717) is 37.6 Å². The maximum atomic E-state index is 14.4. The lowest BCUT2D eigenvalue weighted by Crippen LogP contribution is -2.41. The second-order valence-electron chi connectivity index (χ2n) is 15.3. The number of piperidine rings is 1. The third-order valence-corrected chi connectivity index (χ3v) is 10.8. The van der Waals surface area contributed by atoms with Crippen LogP contribution in [-0.2, 0) is 28.6 Å². The fourth-order valence-corrected chi connectivity index (χ4v) is 8.22. The molecule has 0 bridgehead atoms. The normalized spacial score (nSPS) is 16.6. The van der Waals surface area contributed by atoms with Gasteiger partial charge in [0.2, 0.25) is 5.91 Å². The van der Waals surface area contributed by atoms with Crippen LogP contribution >= 0.6 is 0 Å². The lowest BCUT2D eigenvalue weighted by atomic mass is 9.86. The number of carbonyl (C=O) groups excluding carboxylic acids is 1. The van der Waals surface area contributed by atoms with Crippen molar-refractivity contribution in [3.8, 4) is 16.9 Å². The van der Waals surface area contributed by atoms with Gasteiger partial charge in [-0.05, 0) is 154 Å². The Morgan fingerprint density at radius 1 is 1.00 bits per heavy atom. The quantitative estimate of drug-likeness (QED) is 0.196. The summed E-state index contributed by atoms with van der Waals surface area (Å²) in [4.78, 5) is 42.4. The summed E-state index contributed by atoms with van der Waals surface area (Å²) in [7, 11) is 1.62. The number of rotatable bonds is 12. The Kier molecular flexibility index (Phi) is 11.9. The van der Waals surface area contributed by atoms with Gasteiger partial charge in [0.1, 0.15) is 11.8 Å². The van der Waals surface area contributed by atoms with Crippen molar-refractivity contribution in [2.75, 3.05) is 20.2 Å².